The predicted octanol–water partition coefficient (Wildman–Crippen LogP) is 2.44. The molecule has 15 heavy (non-hydrogen) atoms. The lowest BCUT2D eigenvalue weighted by molar-refractivity contribution is -0.384. The highest BCUT2D eigenvalue weighted by Crippen LogP contribution is 2.29. The number of non-ortho nitro benzene ring substituents is 1. The third kappa shape index (κ3) is 1.67. The zero-order valence-electron chi connectivity index (χ0n) is 7.71. The summed E-state index contributed by atoms with van der Waals surface area (Å²) in [5.74, 6) is 0.524. The van der Waals surface area contributed by atoms with Crippen LogP contribution in [-0.2, 0) is 0 Å². The number of nitro groups is 1. The first-order chi connectivity index (χ1) is 7.18. The van der Waals surface area contributed by atoms with Gasteiger partial charge in [-0.25, -0.2) is 0 Å². The minimum atomic E-state index is -0.466. The molecule has 1 aromatic carbocycles. The van der Waals surface area contributed by atoms with E-state index in [4.69, 9.17) is 10.2 Å². The van der Waals surface area contributed by atoms with Crippen molar-refractivity contribution in [3.05, 3.63) is 46.7 Å². The molecule has 0 saturated carbocycles. The predicted molar refractivity (Wildman–Crippen MR) is 55.2 cm³/mol. The van der Waals surface area contributed by atoms with Crippen molar-refractivity contribution in [1.29, 1.82) is 0 Å². The Bertz CT molecular complexity index is 491. The molecule has 0 unspecified atom stereocenters. The van der Waals surface area contributed by atoms with Crippen molar-refractivity contribution < 1.29 is 9.34 Å². The molecule has 1 heterocycles. The highest BCUT2D eigenvalue weighted by atomic mass is 16.6. The lowest BCUT2D eigenvalue weighted by atomic mass is 10.1. The third-order valence-corrected chi connectivity index (χ3v) is 2.03. The van der Waals surface area contributed by atoms with Crippen molar-refractivity contribution in [2.75, 3.05) is 5.73 Å². The molecular weight excluding hydrogens is 196 g/mol. The van der Waals surface area contributed by atoms with Crippen molar-refractivity contribution in [3.8, 4) is 11.3 Å². The van der Waals surface area contributed by atoms with Gasteiger partial charge in [-0.1, -0.05) is 0 Å². The summed E-state index contributed by atoms with van der Waals surface area (Å²) in [7, 11) is 0. The minimum Gasteiger partial charge on any atom is -0.464 e. The Balaban J connectivity index is 2.55. The van der Waals surface area contributed by atoms with E-state index in [9.17, 15) is 10.1 Å². The molecule has 0 saturated heterocycles. The van der Waals surface area contributed by atoms with E-state index >= 15 is 0 Å². The second-order valence-electron chi connectivity index (χ2n) is 3.01. The molecular formula is C10H8N2O3. The molecule has 5 heteroatoms. The second-order valence-corrected chi connectivity index (χ2v) is 3.01. The summed E-state index contributed by atoms with van der Waals surface area (Å²) >= 11 is 0. The molecule has 0 radical (unpaired) electrons. The molecule has 0 spiro atoms. The Morgan fingerprint density at radius 2 is 2.13 bits per heavy atom. The Morgan fingerprint density at radius 3 is 2.73 bits per heavy atom. The maximum atomic E-state index is 10.6. The summed E-state index contributed by atoms with van der Waals surface area (Å²) in [6.45, 7) is 0. The van der Waals surface area contributed by atoms with Gasteiger partial charge in [-0.2, -0.15) is 0 Å². The van der Waals surface area contributed by atoms with E-state index in [1.165, 1.54) is 24.5 Å². The third-order valence-electron chi connectivity index (χ3n) is 2.03. The molecule has 2 aromatic rings. The van der Waals surface area contributed by atoms with E-state index in [2.05, 4.69) is 0 Å². The standard InChI is InChI=1S/C10H8N2O3/c11-9-4-3-7(12(13)14)6-8(9)10-2-1-5-15-10/h1-6H,11H2. The topological polar surface area (TPSA) is 82.3 Å². The Hall–Kier alpha value is -2.30. The first-order valence-electron chi connectivity index (χ1n) is 4.26. The number of rotatable bonds is 2. The second kappa shape index (κ2) is 3.45. The van der Waals surface area contributed by atoms with E-state index in [0.29, 0.717) is 17.0 Å². The van der Waals surface area contributed by atoms with Gasteiger partial charge in [0, 0.05) is 23.4 Å². The Morgan fingerprint density at radius 1 is 1.33 bits per heavy atom. The highest BCUT2D eigenvalue weighted by Gasteiger charge is 2.11. The molecule has 1 aromatic heterocycles. The zero-order valence-corrected chi connectivity index (χ0v) is 7.71. The Labute approximate surface area is 85.3 Å². The number of hydrogen-bond donors (Lipinski definition) is 1. The lowest BCUT2D eigenvalue weighted by Crippen LogP contribution is -1.93. The van der Waals surface area contributed by atoms with Gasteiger partial charge in [0.25, 0.3) is 5.69 Å². The van der Waals surface area contributed by atoms with Crippen LogP contribution in [-0.4, -0.2) is 4.92 Å². The van der Waals surface area contributed by atoms with Crippen molar-refractivity contribution in [2.24, 2.45) is 0 Å². The fraction of sp³-hybridized carbons (Fsp3) is 0. The summed E-state index contributed by atoms with van der Waals surface area (Å²) in [6, 6.07) is 7.66. The van der Waals surface area contributed by atoms with Gasteiger partial charge < -0.3 is 10.2 Å². The number of anilines is 1. The van der Waals surface area contributed by atoms with Gasteiger partial charge in [0.15, 0.2) is 0 Å². The fourth-order valence-electron chi connectivity index (χ4n) is 1.30. The number of nitro benzene ring substituents is 1. The fourth-order valence-corrected chi connectivity index (χ4v) is 1.30. The highest BCUT2D eigenvalue weighted by molar-refractivity contribution is 5.75. The van der Waals surface area contributed by atoms with Crippen LogP contribution in [0.3, 0.4) is 0 Å². The summed E-state index contributed by atoms with van der Waals surface area (Å²) in [4.78, 5) is 10.1. The summed E-state index contributed by atoms with van der Waals surface area (Å²) in [5.41, 5.74) is 6.68. The van der Waals surface area contributed by atoms with Crippen molar-refractivity contribution in [3.63, 3.8) is 0 Å². The van der Waals surface area contributed by atoms with Crippen LogP contribution in [0.15, 0.2) is 41.0 Å². The molecule has 76 valence electrons. The number of nitrogen functional groups attached to an aromatic ring is 1. The zero-order chi connectivity index (χ0) is 10.8. The van der Waals surface area contributed by atoms with E-state index in [-0.39, 0.29) is 5.69 Å². The number of hydrogen-bond acceptors (Lipinski definition) is 4. The first-order valence-corrected chi connectivity index (χ1v) is 4.26. The van der Waals surface area contributed by atoms with Gasteiger partial charge >= 0.3 is 0 Å². The molecule has 0 amide bonds. The molecule has 5 nitrogen and oxygen atoms in total. The van der Waals surface area contributed by atoms with Gasteiger partial charge in [-0.3, -0.25) is 10.1 Å². The summed E-state index contributed by atoms with van der Waals surface area (Å²) < 4.78 is 5.13. The van der Waals surface area contributed by atoms with Crippen molar-refractivity contribution in [2.45, 2.75) is 0 Å². The molecule has 0 fully saturated rings. The Kier molecular flexibility index (Phi) is 2.13. The van der Waals surface area contributed by atoms with Crippen LogP contribution in [0.25, 0.3) is 11.3 Å². The molecule has 0 aliphatic carbocycles. The molecule has 0 bridgehead atoms. The van der Waals surface area contributed by atoms with E-state index in [0.717, 1.165) is 0 Å². The maximum absolute atomic E-state index is 10.6. The average molecular weight is 204 g/mol. The normalized spacial score (nSPS) is 10.1. The SMILES string of the molecule is Nc1ccc([N+](=O)[O-])cc1-c1ccco1. The van der Waals surface area contributed by atoms with Gasteiger partial charge in [-0.05, 0) is 18.2 Å². The molecule has 2 N–H and O–H groups in total. The van der Waals surface area contributed by atoms with E-state index in [1.54, 1.807) is 12.1 Å². The average Bonchev–Trinajstić information content (AvgIpc) is 2.71. The van der Waals surface area contributed by atoms with Crippen LogP contribution in [0, 0.1) is 10.1 Å². The van der Waals surface area contributed by atoms with Crippen LogP contribution < -0.4 is 5.73 Å². The van der Waals surface area contributed by atoms with Crippen LogP contribution in [0.2, 0.25) is 0 Å². The number of benzene rings is 1. The molecule has 0 aliphatic heterocycles. The quantitative estimate of drug-likeness (QED) is 0.462. The number of nitrogens with zero attached hydrogens (tertiary/aromatic N) is 1. The van der Waals surface area contributed by atoms with Gasteiger partial charge in [-0.15, -0.1) is 0 Å². The van der Waals surface area contributed by atoms with E-state index in [1.807, 2.05) is 0 Å². The van der Waals surface area contributed by atoms with Crippen LogP contribution in [0.5, 0.6) is 0 Å². The summed E-state index contributed by atoms with van der Waals surface area (Å²) in [5, 5.41) is 10.6. The maximum Gasteiger partial charge on any atom is 0.270 e. The van der Waals surface area contributed by atoms with Crippen LogP contribution in [0.4, 0.5) is 11.4 Å². The minimum absolute atomic E-state index is 0.00407. The first kappa shape index (κ1) is 9.26. The van der Waals surface area contributed by atoms with Crippen LogP contribution in [0.1, 0.15) is 0 Å². The molecule has 2 rings (SSSR count). The van der Waals surface area contributed by atoms with Crippen molar-refractivity contribution in [1.82, 2.24) is 0 Å². The van der Waals surface area contributed by atoms with Crippen molar-refractivity contribution >= 4 is 11.4 Å². The van der Waals surface area contributed by atoms with E-state index < -0.39 is 4.92 Å². The monoisotopic (exact) mass is 204 g/mol. The smallest absolute Gasteiger partial charge is 0.270 e. The summed E-state index contributed by atoms with van der Waals surface area (Å²) in [6.07, 6.45) is 1.49. The van der Waals surface area contributed by atoms with Gasteiger partial charge in [0.1, 0.15) is 5.76 Å². The largest absolute Gasteiger partial charge is 0.464 e. The number of nitrogens with two attached hydrogens (primary N) is 1. The lowest BCUT2D eigenvalue weighted by Gasteiger charge is -2.01. The van der Waals surface area contributed by atoms with Gasteiger partial charge in [0.05, 0.1) is 11.2 Å². The van der Waals surface area contributed by atoms with Crippen LogP contribution >= 0.6 is 0 Å². The molecule has 0 atom stereocenters. The van der Waals surface area contributed by atoms with Gasteiger partial charge in [0.2, 0.25) is 0 Å². The number of furan rings is 1. The molecule has 0 aliphatic rings.